The van der Waals surface area contributed by atoms with E-state index in [4.69, 9.17) is 11.6 Å². The van der Waals surface area contributed by atoms with Gasteiger partial charge in [0.15, 0.2) is 0 Å². The Morgan fingerprint density at radius 3 is 2.62 bits per heavy atom. The highest BCUT2D eigenvalue weighted by Crippen LogP contribution is 2.16. The van der Waals surface area contributed by atoms with Gasteiger partial charge in [0.1, 0.15) is 0 Å². The fourth-order valence-electron chi connectivity index (χ4n) is 1.31. The van der Waals surface area contributed by atoms with E-state index in [-0.39, 0.29) is 12.1 Å². The molecule has 1 rings (SSSR count). The molecule has 0 bridgehead atoms. The minimum atomic E-state index is -0.0880. The number of rotatable bonds is 3. The van der Waals surface area contributed by atoms with E-state index in [2.05, 4.69) is 5.32 Å². The lowest BCUT2D eigenvalue weighted by Crippen LogP contribution is -2.40. The van der Waals surface area contributed by atoms with E-state index in [0.717, 1.165) is 5.56 Å². The number of halogens is 1. The van der Waals surface area contributed by atoms with Gasteiger partial charge in [-0.3, -0.25) is 0 Å². The number of hydrogen-bond donors (Lipinski definition) is 1. The molecule has 1 aromatic carbocycles. The van der Waals surface area contributed by atoms with Crippen molar-refractivity contribution in [2.75, 3.05) is 7.05 Å². The van der Waals surface area contributed by atoms with Gasteiger partial charge in [0.2, 0.25) is 0 Å². The molecule has 1 N–H and O–H groups in total. The van der Waals surface area contributed by atoms with Crippen molar-refractivity contribution >= 4 is 17.6 Å². The Morgan fingerprint density at radius 2 is 2.06 bits per heavy atom. The maximum atomic E-state index is 11.6. The van der Waals surface area contributed by atoms with E-state index in [1.54, 1.807) is 11.9 Å². The van der Waals surface area contributed by atoms with Gasteiger partial charge in [-0.1, -0.05) is 29.8 Å². The van der Waals surface area contributed by atoms with Crippen LogP contribution in [0.5, 0.6) is 0 Å². The smallest absolute Gasteiger partial charge is 0.317 e. The van der Waals surface area contributed by atoms with Gasteiger partial charge in [0.05, 0.1) is 0 Å². The van der Waals surface area contributed by atoms with E-state index in [0.29, 0.717) is 11.6 Å². The Morgan fingerprint density at radius 1 is 1.44 bits per heavy atom. The first-order valence-corrected chi connectivity index (χ1v) is 5.63. The number of nitrogens with one attached hydrogen (secondary N) is 1. The van der Waals surface area contributed by atoms with Crippen LogP contribution in [0.15, 0.2) is 24.3 Å². The van der Waals surface area contributed by atoms with Crippen molar-refractivity contribution < 1.29 is 4.79 Å². The molecular weight excluding hydrogens is 224 g/mol. The molecule has 88 valence electrons. The lowest BCUT2D eigenvalue weighted by molar-refractivity contribution is 0.204. The molecule has 0 aliphatic rings. The number of urea groups is 1. The van der Waals surface area contributed by atoms with Gasteiger partial charge in [-0.25, -0.2) is 4.79 Å². The van der Waals surface area contributed by atoms with Crippen molar-refractivity contribution in [2.45, 2.75) is 26.4 Å². The molecule has 0 aliphatic heterocycles. The van der Waals surface area contributed by atoms with Crippen molar-refractivity contribution in [3.63, 3.8) is 0 Å². The third-order valence-corrected chi connectivity index (χ3v) is 2.49. The van der Waals surface area contributed by atoms with Gasteiger partial charge < -0.3 is 10.2 Å². The normalized spacial score (nSPS) is 10.3. The van der Waals surface area contributed by atoms with Crippen LogP contribution in [-0.2, 0) is 6.54 Å². The summed E-state index contributed by atoms with van der Waals surface area (Å²) in [5, 5.41) is 3.51. The van der Waals surface area contributed by atoms with Crippen LogP contribution in [0.2, 0.25) is 5.02 Å². The summed E-state index contributed by atoms with van der Waals surface area (Å²) < 4.78 is 0. The Hall–Kier alpha value is -1.22. The molecule has 4 heteroatoms. The first kappa shape index (κ1) is 12.8. The minimum Gasteiger partial charge on any atom is -0.336 e. The van der Waals surface area contributed by atoms with E-state index in [1.807, 2.05) is 38.1 Å². The second kappa shape index (κ2) is 5.75. The predicted molar refractivity (Wildman–Crippen MR) is 66.6 cm³/mol. The zero-order valence-corrected chi connectivity index (χ0v) is 10.6. The van der Waals surface area contributed by atoms with Gasteiger partial charge in [-0.2, -0.15) is 0 Å². The Bertz CT molecular complexity index is 366. The van der Waals surface area contributed by atoms with Crippen molar-refractivity contribution in [3.8, 4) is 0 Å². The zero-order valence-electron chi connectivity index (χ0n) is 9.83. The molecule has 0 fully saturated rings. The molecule has 0 aromatic heterocycles. The summed E-state index contributed by atoms with van der Waals surface area (Å²) >= 11 is 6.02. The Balaban J connectivity index is 2.61. The van der Waals surface area contributed by atoms with E-state index in [1.165, 1.54) is 0 Å². The van der Waals surface area contributed by atoms with Crippen LogP contribution in [0.4, 0.5) is 4.79 Å². The molecular formula is C12H17ClN2O. The quantitative estimate of drug-likeness (QED) is 0.866. The summed E-state index contributed by atoms with van der Waals surface area (Å²) in [5.74, 6) is 0. The number of benzene rings is 1. The molecule has 3 nitrogen and oxygen atoms in total. The molecule has 0 aliphatic carbocycles. The molecule has 1 aromatic rings. The largest absolute Gasteiger partial charge is 0.336 e. The fraction of sp³-hybridized carbons (Fsp3) is 0.417. The Kier molecular flexibility index (Phi) is 4.62. The van der Waals surface area contributed by atoms with Crippen LogP contribution in [0.1, 0.15) is 19.4 Å². The van der Waals surface area contributed by atoms with Crippen molar-refractivity contribution in [2.24, 2.45) is 0 Å². The highest BCUT2D eigenvalue weighted by atomic mass is 35.5. The van der Waals surface area contributed by atoms with Crippen LogP contribution in [-0.4, -0.2) is 24.0 Å². The first-order chi connectivity index (χ1) is 7.50. The Labute approximate surface area is 101 Å². The summed E-state index contributed by atoms with van der Waals surface area (Å²) in [6.07, 6.45) is 0. The topological polar surface area (TPSA) is 32.3 Å². The average Bonchev–Trinajstić information content (AvgIpc) is 2.20. The summed E-state index contributed by atoms with van der Waals surface area (Å²) in [6.45, 7) is 4.38. The number of nitrogens with zero attached hydrogens (tertiary/aromatic N) is 1. The van der Waals surface area contributed by atoms with E-state index < -0.39 is 0 Å². The summed E-state index contributed by atoms with van der Waals surface area (Å²) in [5.41, 5.74) is 0.950. The maximum absolute atomic E-state index is 11.6. The summed E-state index contributed by atoms with van der Waals surface area (Å²) in [7, 11) is 1.75. The lowest BCUT2D eigenvalue weighted by Gasteiger charge is -2.20. The highest BCUT2D eigenvalue weighted by Gasteiger charge is 2.10. The molecule has 0 saturated heterocycles. The standard InChI is InChI=1S/C12H17ClN2O/c1-9(2)14-12(16)15(3)8-10-6-4-5-7-11(10)13/h4-7,9H,8H2,1-3H3,(H,14,16). The molecule has 0 heterocycles. The van der Waals surface area contributed by atoms with Crippen LogP contribution in [0.3, 0.4) is 0 Å². The SMILES string of the molecule is CC(C)NC(=O)N(C)Cc1ccccc1Cl. The molecule has 0 atom stereocenters. The van der Waals surface area contributed by atoms with Crippen LogP contribution >= 0.6 is 11.6 Å². The van der Waals surface area contributed by atoms with E-state index in [9.17, 15) is 4.79 Å². The average molecular weight is 241 g/mol. The van der Waals surface area contributed by atoms with Crippen molar-refractivity contribution in [3.05, 3.63) is 34.9 Å². The van der Waals surface area contributed by atoms with Crippen LogP contribution in [0, 0.1) is 0 Å². The van der Waals surface area contributed by atoms with Crippen molar-refractivity contribution in [1.82, 2.24) is 10.2 Å². The lowest BCUT2D eigenvalue weighted by atomic mass is 10.2. The number of carbonyl (C=O) groups is 1. The summed E-state index contributed by atoms with van der Waals surface area (Å²) in [6, 6.07) is 7.58. The predicted octanol–water partition coefficient (Wildman–Crippen LogP) is 2.89. The zero-order chi connectivity index (χ0) is 12.1. The third-order valence-electron chi connectivity index (χ3n) is 2.12. The number of amides is 2. The van der Waals surface area contributed by atoms with Gasteiger partial charge in [0, 0.05) is 24.7 Å². The maximum Gasteiger partial charge on any atom is 0.317 e. The first-order valence-electron chi connectivity index (χ1n) is 5.25. The second-order valence-corrected chi connectivity index (χ2v) is 4.46. The monoisotopic (exact) mass is 240 g/mol. The summed E-state index contributed by atoms with van der Waals surface area (Å²) in [4.78, 5) is 13.3. The third kappa shape index (κ3) is 3.74. The molecule has 0 unspecified atom stereocenters. The van der Waals surface area contributed by atoms with Gasteiger partial charge in [-0.05, 0) is 25.5 Å². The molecule has 0 radical (unpaired) electrons. The molecule has 0 spiro atoms. The number of hydrogen-bond acceptors (Lipinski definition) is 1. The molecule has 0 saturated carbocycles. The second-order valence-electron chi connectivity index (χ2n) is 4.05. The van der Waals surface area contributed by atoms with Crippen molar-refractivity contribution in [1.29, 1.82) is 0 Å². The number of carbonyl (C=O) groups excluding carboxylic acids is 1. The van der Waals surface area contributed by atoms with Gasteiger partial charge >= 0.3 is 6.03 Å². The van der Waals surface area contributed by atoms with Gasteiger partial charge in [0.25, 0.3) is 0 Å². The molecule has 16 heavy (non-hydrogen) atoms. The van der Waals surface area contributed by atoms with E-state index >= 15 is 0 Å². The van der Waals surface area contributed by atoms with Gasteiger partial charge in [-0.15, -0.1) is 0 Å². The minimum absolute atomic E-state index is 0.0880. The van der Waals surface area contributed by atoms with Crippen LogP contribution in [0.25, 0.3) is 0 Å². The molecule has 2 amide bonds. The highest BCUT2D eigenvalue weighted by molar-refractivity contribution is 6.31. The fourth-order valence-corrected chi connectivity index (χ4v) is 1.51. The van der Waals surface area contributed by atoms with Crippen LogP contribution < -0.4 is 5.32 Å².